The number of aromatic nitrogens is 5. The Hall–Kier alpha value is -6.15. The van der Waals surface area contributed by atoms with Crippen LogP contribution in [-0.2, 0) is 42.4 Å². The number of nitrogens with one attached hydrogen (secondary N) is 2. The molecule has 302 valence electrons. The molecule has 0 bridgehead atoms. The van der Waals surface area contributed by atoms with E-state index in [1.807, 2.05) is 0 Å². The van der Waals surface area contributed by atoms with Crippen molar-refractivity contribution in [2.75, 3.05) is 17.2 Å². The van der Waals surface area contributed by atoms with Gasteiger partial charge in [-0.05, 0) is 48.4 Å². The number of oxime groups is 1. The Balaban J connectivity index is 1.04. The van der Waals surface area contributed by atoms with Crippen LogP contribution in [0, 0.1) is 6.92 Å². The van der Waals surface area contributed by atoms with Crippen molar-refractivity contribution in [3.05, 3.63) is 81.9 Å². The van der Waals surface area contributed by atoms with Gasteiger partial charge in [-0.15, -0.1) is 40.0 Å². The van der Waals surface area contributed by atoms with Crippen LogP contribution >= 0.6 is 34.9 Å². The number of phenols is 4. The summed E-state index contributed by atoms with van der Waals surface area (Å²) < 4.78 is 29.3. The van der Waals surface area contributed by atoms with E-state index in [2.05, 4.69) is 35.2 Å². The molecule has 2 aliphatic heterocycles. The van der Waals surface area contributed by atoms with Gasteiger partial charge in [0, 0.05) is 28.6 Å². The maximum atomic E-state index is 13.5. The first-order valence-corrected chi connectivity index (χ1v) is 21.0. The molecular weight excluding hydrogens is 841 g/mol. The number of thioether (sulfide) groups is 2. The molecule has 0 radical (unpaired) electrons. The van der Waals surface area contributed by atoms with Crippen LogP contribution < -0.4 is 15.8 Å². The molecule has 0 saturated carbocycles. The molecule has 2 amide bonds. The van der Waals surface area contributed by atoms with Crippen molar-refractivity contribution in [1.82, 2.24) is 39.5 Å². The molecule has 7 rings (SSSR count). The van der Waals surface area contributed by atoms with Crippen LogP contribution in [0.25, 0.3) is 5.78 Å². The first-order valence-electron chi connectivity index (χ1n) is 16.6. The van der Waals surface area contributed by atoms with Crippen LogP contribution in [0.3, 0.4) is 0 Å². The highest BCUT2D eigenvalue weighted by molar-refractivity contribution is 8.01. The van der Waals surface area contributed by atoms with Crippen molar-refractivity contribution >= 4 is 79.3 Å². The number of fused-ring (bicyclic) bond motifs is 2. The number of rotatable bonds is 14. The standard InChI is InChI=1S/C33H30N10O11S4/c1-14-6-24(43-33(36-14)38-23(40-43)9-35-58(52,53)17-3-5-20(45)22(47)8-17)55-11-16-12-56-30-26(29(49)42(30)27(16)31(50)51)39-28(48)25(18-13-57-32(34)37-18)41-54-10-15-2-4-19(44)21(46)7-15/h2-8,13,26,30,35,44-47H,9-12H2,1H3,(H2,34,37)(H,39,48)(H,50,51)/b41-25-/t26-,30-/m1/s1. The maximum absolute atomic E-state index is 13.5. The first kappa shape index (κ1) is 40.1. The Morgan fingerprint density at radius 1 is 1.05 bits per heavy atom. The Kier molecular flexibility index (Phi) is 11.1. The minimum atomic E-state index is -4.13. The number of β-lactam (4-membered cyclic amide) rings is 1. The van der Waals surface area contributed by atoms with Crippen LogP contribution in [0.15, 0.2) is 74.2 Å². The third-order valence-electron chi connectivity index (χ3n) is 8.47. The molecule has 0 aliphatic carbocycles. The number of thiazole rings is 1. The van der Waals surface area contributed by atoms with Gasteiger partial charge in [0.1, 0.15) is 34.4 Å². The zero-order valence-electron chi connectivity index (χ0n) is 29.6. The second-order valence-corrected chi connectivity index (χ2v) is 17.2. The number of amides is 2. The Bertz CT molecular complexity index is 2670. The molecule has 5 aromatic rings. The molecule has 5 heterocycles. The highest BCUT2D eigenvalue weighted by Crippen LogP contribution is 2.42. The third-order valence-corrected chi connectivity index (χ3v) is 13.0. The van der Waals surface area contributed by atoms with E-state index >= 15 is 0 Å². The Labute approximate surface area is 339 Å². The van der Waals surface area contributed by atoms with Crippen molar-refractivity contribution in [3.8, 4) is 23.0 Å². The lowest BCUT2D eigenvalue weighted by Crippen LogP contribution is -2.71. The van der Waals surface area contributed by atoms with Gasteiger partial charge in [-0.1, -0.05) is 11.2 Å². The molecule has 9 N–H and O–H groups in total. The molecule has 25 heteroatoms. The molecule has 58 heavy (non-hydrogen) atoms. The summed E-state index contributed by atoms with van der Waals surface area (Å²) in [4.78, 5) is 58.6. The topological polar surface area (TPSA) is 317 Å². The highest BCUT2D eigenvalue weighted by atomic mass is 32.2. The van der Waals surface area contributed by atoms with Gasteiger partial charge in [0.15, 0.2) is 39.7 Å². The van der Waals surface area contributed by atoms with E-state index in [4.69, 9.17) is 10.6 Å². The molecule has 21 nitrogen and oxygen atoms in total. The zero-order chi connectivity index (χ0) is 41.5. The number of nitrogen functional groups attached to an aromatic ring is 1. The van der Waals surface area contributed by atoms with Gasteiger partial charge in [0.2, 0.25) is 10.0 Å². The molecule has 1 fully saturated rings. The lowest BCUT2D eigenvalue weighted by Gasteiger charge is -2.49. The van der Waals surface area contributed by atoms with Gasteiger partial charge < -0.3 is 41.4 Å². The minimum absolute atomic E-state index is 0.0583. The number of aromatic hydroxyl groups is 4. The van der Waals surface area contributed by atoms with Crippen LogP contribution in [0.1, 0.15) is 22.8 Å². The van der Waals surface area contributed by atoms with E-state index in [0.29, 0.717) is 21.9 Å². The predicted molar refractivity (Wildman–Crippen MR) is 207 cm³/mol. The van der Waals surface area contributed by atoms with Crippen molar-refractivity contribution in [2.24, 2.45) is 5.16 Å². The number of phenolic OH excluding ortho intramolecular Hbond substituents is 4. The predicted octanol–water partition coefficient (Wildman–Crippen LogP) is 1.22. The number of hydrogen-bond acceptors (Lipinski definition) is 19. The molecule has 0 unspecified atom stereocenters. The largest absolute Gasteiger partial charge is 0.504 e. The lowest BCUT2D eigenvalue weighted by atomic mass is 10.0. The first-order chi connectivity index (χ1) is 27.6. The average Bonchev–Trinajstić information content (AvgIpc) is 3.81. The number of anilines is 1. The summed E-state index contributed by atoms with van der Waals surface area (Å²) in [6.07, 6.45) is 0. The summed E-state index contributed by atoms with van der Waals surface area (Å²) >= 11 is 3.48. The maximum Gasteiger partial charge on any atom is 0.352 e. The van der Waals surface area contributed by atoms with E-state index in [1.165, 1.54) is 51.6 Å². The summed E-state index contributed by atoms with van der Waals surface area (Å²) in [5, 5.41) is 61.1. The van der Waals surface area contributed by atoms with Crippen molar-refractivity contribution in [3.63, 3.8) is 0 Å². The average molecular weight is 871 g/mol. The highest BCUT2D eigenvalue weighted by Gasteiger charge is 2.54. The number of aryl methyl sites for hydroxylation is 1. The smallest absolute Gasteiger partial charge is 0.352 e. The normalized spacial score (nSPS) is 16.9. The van der Waals surface area contributed by atoms with Crippen LogP contribution in [0.4, 0.5) is 5.13 Å². The van der Waals surface area contributed by atoms with Gasteiger partial charge in [0.25, 0.3) is 17.6 Å². The van der Waals surface area contributed by atoms with Gasteiger partial charge in [-0.3, -0.25) is 14.5 Å². The van der Waals surface area contributed by atoms with E-state index in [-0.39, 0.29) is 74.9 Å². The number of aliphatic carboxylic acids is 1. The summed E-state index contributed by atoms with van der Waals surface area (Å²) in [5.41, 5.74) is 6.69. The number of nitrogens with zero attached hydrogens (tertiary/aromatic N) is 7. The number of carbonyl (C=O) groups is 3. The fraction of sp³-hybridized carbons (Fsp3) is 0.212. The number of carboxylic acid groups (broad SMARTS) is 1. The number of nitrogens with two attached hydrogens (primary N) is 1. The number of carbonyl (C=O) groups excluding carboxylic acids is 2. The van der Waals surface area contributed by atoms with E-state index in [9.17, 15) is 48.3 Å². The lowest BCUT2D eigenvalue weighted by molar-refractivity contribution is -0.150. The Morgan fingerprint density at radius 3 is 2.48 bits per heavy atom. The van der Waals surface area contributed by atoms with Gasteiger partial charge >= 0.3 is 5.97 Å². The van der Waals surface area contributed by atoms with E-state index in [1.54, 1.807) is 13.0 Å². The Morgan fingerprint density at radius 2 is 1.79 bits per heavy atom. The van der Waals surface area contributed by atoms with Gasteiger partial charge in [0.05, 0.1) is 11.4 Å². The second-order valence-electron chi connectivity index (χ2n) is 12.5. The van der Waals surface area contributed by atoms with Gasteiger partial charge in [-0.2, -0.15) is 9.50 Å². The van der Waals surface area contributed by atoms with E-state index < -0.39 is 50.7 Å². The molecule has 1 saturated heterocycles. The molecule has 2 aliphatic rings. The van der Waals surface area contributed by atoms with Gasteiger partial charge in [-0.25, -0.2) is 27.9 Å². The van der Waals surface area contributed by atoms with Crippen LogP contribution in [-0.4, -0.2) is 110 Å². The second kappa shape index (κ2) is 16.0. The van der Waals surface area contributed by atoms with Crippen LogP contribution in [0.5, 0.6) is 23.0 Å². The van der Waals surface area contributed by atoms with Crippen LogP contribution in [0.2, 0.25) is 0 Å². The van der Waals surface area contributed by atoms with Crippen molar-refractivity contribution in [2.45, 2.75) is 41.4 Å². The molecule has 2 atom stereocenters. The molecular formula is C33H30N10O11S4. The fourth-order valence-corrected chi connectivity index (χ4v) is 9.76. The molecule has 2 aromatic carbocycles. The number of carboxylic acids is 1. The fourth-order valence-electron chi connectivity index (χ4n) is 5.68. The van der Waals surface area contributed by atoms with Crippen molar-refractivity contribution < 1.29 is 53.2 Å². The third kappa shape index (κ3) is 8.15. The minimum Gasteiger partial charge on any atom is -0.504 e. The summed E-state index contributed by atoms with van der Waals surface area (Å²) in [7, 11) is -4.13. The summed E-state index contributed by atoms with van der Waals surface area (Å²) in [5.74, 6) is -4.16. The SMILES string of the molecule is Cc1cc(SCC2=C(C(=O)O)N3C(=O)[C@@H](NC(=O)/C(=N\OCc4ccc(O)c(O)c4)c4csc(N)n4)[C@H]3SC2)n2nc(CNS(=O)(=O)c3ccc(O)c(O)c3)nc2n1. The molecule has 0 spiro atoms. The quantitative estimate of drug-likeness (QED) is 0.0194. The zero-order valence-corrected chi connectivity index (χ0v) is 32.9. The number of sulfonamides is 1. The van der Waals surface area contributed by atoms with E-state index in [0.717, 1.165) is 34.4 Å². The number of benzene rings is 2. The molecule has 3 aromatic heterocycles. The van der Waals surface area contributed by atoms with Crippen molar-refractivity contribution in [1.29, 1.82) is 0 Å². The monoisotopic (exact) mass is 870 g/mol. The summed E-state index contributed by atoms with van der Waals surface area (Å²) in [6.45, 7) is 1.16. The summed E-state index contributed by atoms with van der Waals surface area (Å²) in [6, 6.07) is 7.60. The number of hydrogen-bond donors (Lipinski definition) is 8.